The minimum absolute atomic E-state index is 0.217. The first-order valence-corrected chi connectivity index (χ1v) is 7.38. The Morgan fingerprint density at radius 1 is 1.33 bits per heavy atom. The van der Waals surface area contributed by atoms with E-state index in [1.807, 2.05) is 13.8 Å². The zero-order valence-corrected chi connectivity index (χ0v) is 13.3. The quantitative estimate of drug-likeness (QED) is 0.644. The van der Waals surface area contributed by atoms with Crippen molar-refractivity contribution in [2.75, 3.05) is 19.0 Å². The second-order valence-electron chi connectivity index (χ2n) is 4.57. The maximum Gasteiger partial charge on any atom is 0.341 e. The van der Waals surface area contributed by atoms with Crippen LogP contribution < -0.4 is 5.32 Å². The van der Waals surface area contributed by atoms with Gasteiger partial charge in [-0.25, -0.2) is 4.79 Å². The number of anilines is 1. The SMILES string of the molecule is CCOC(=O)c1cc(C(C)C)sc1NC(=O)CC(=O)OC. The third-order valence-electron chi connectivity index (χ3n) is 2.60. The van der Waals surface area contributed by atoms with Gasteiger partial charge in [-0.1, -0.05) is 13.8 Å². The number of hydrogen-bond acceptors (Lipinski definition) is 6. The largest absolute Gasteiger partial charge is 0.469 e. The molecule has 0 unspecified atom stereocenters. The maximum atomic E-state index is 11.9. The van der Waals surface area contributed by atoms with Crippen molar-refractivity contribution >= 4 is 34.2 Å². The number of nitrogens with one attached hydrogen (secondary N) is 1. The van der Waals surface area contributed by atoms with Gasteiger partial charge in [0.2, 0.25) is 5.91 Å². The summed E-state index contributed by atoms with van der Waals surface area (Å²) in [5, 5.41) is 2.96. The molecule has 1 aromatic heterocycles. The highest BCUT2D eigenvalue weighted by Crippen LogP contribution is 2.33. The van der Waals surface area contributed by atoms with E-state index in [4.69, 9.17) is 4.74 Å². The van der Waals surface area contributed by atoms with Crippen LogP contribution in [-0.4, -0.2) is 31.6 Å². The molecule has 0 aliphatic heterocycles. The van der Waals surface area contributed by atoms with E-state index in [-0.39, 0.29) is 12.5 Å². The van der Waals surface area contributed by atoms with Crippen LogP contribution in [0.2, 0.25) is 0 Å². The van der Waals surface area contributed by atoms with Crippen molar-refractivity contribution in [2.45, 2.75) is 33.1 Å². The molecule has 1 rings (SSSR count). The van der Waals surface area contributed by atoms with E-state index < -0.39 is 24.3 Å². The fourth-order valence-electron chi connectivity index (χ4n) is 1.52. The fraction of sp³-hybridized carbons (Fsp3) is 0.500. The number of amides is 1. The Labute approximate surface area is 127 Å². The van der Waals surface area contributed by atoms with Crippen molar-refractivity contribution in [3.8, 4) is 0 Å². The highest BCUT2D eigenvalue weighted by molar-refractivity contribution is 7.16. The average molecular weight is 313 g/mol. The lowest BCUT2D eigenvalue weighted by molar-refractivity contribution is -0.142. The molecule has 7 heteroatoms. The highest BCUT2D eigenvalue weighted by atomic mass is 32.1. The summed E-state index contributed by atoms with van der Waals surface area (Å²) in [4.78, 5) is 35.7. The molecule has 0 aliphatic rings. The summed E-state index contributed by atoms with van der Waals surface area (Å²) in [7, 11) is 1.21. The average Bonchev–Trinajstić information content (AvgIpc) is 2.82. The van der Waals surface area contributed by atoms with Crippen molar-refractivity contribution in [1.82, 2.24) is 0 Å². The van der Waals surface area contributed by atoms with Crippen LogP contribution >= 0.6 is 11.3 Å². The van der Waals surface area contributed by atoms with Crippen molar-refractivity contribution < 1.29 is 23.9 Å². The summed E-state index contributed by atoms with van der Waals surface area (Å²) < 4.78 is 9.40. The van der Waals surface area contributed by atoms with Crippen LogP contribution in [0.25, 0.3) is 0 Å². The van der Waals surface area contributed by atoms with Crippen LogP contribution in [0.4, 0.5) is 5.00 Å². The predicted molar refractivity (Wildman–Crippen MR) is 79.6 cm³/mol. The molecule has 1 aromatic rings. The fourth-order valence-corrected chi connectivity index (χ4v) is 2.59. The standard InChI is InChI=1S/C14H19NO5S/c1-5-20-14(18)9-6-10(8(2)3)21-13(9)15-11(16)7-12(17)19-4/h6,8H,5,7H2,1-4H3,(H,15,16). The van der Waals surface area contributed by atoms with Gasteiger partial charge in [0, 0.05) is 4.88 Å². The maximum absolute atomic E-state index is 11.9. The van der Waals surface area contributed by atoms with Crippen molar-refractivity contribution in [3.63, 3.8) is 0 Å². The molecular weight excluding hydrogens is 294 g/mol. The minimum atomic E-state index is -0.633. The number of esters is 2. The van der Waals surface area contributed by atoms with Gasteiger partial charge in [0.25, 0.3) is 0 Å². The normalized spacial score (nSPS) is 10.3. The summed E-state index contributed by atoms with van der Waals surface area (Å²) >= 11 is 1.30. The number of ether oxygens (including phenoxy) is 2. The van der Waals surface area contributed by atoms with E-state index in [1.54, 1.807) is 13.0 Å². The van der Waals surface area contributed by atoms with E-state index in [2.05, 4.69) is 10.1 Å². The lowest BCUT2D eigenvalue weighted by Gasteiger charge is -2.05. The number of rotatable bonds is 6. The van der Waals surface area contributed by atoms with Gasteiger partial charge in [-0.05, 0) is 18.9 Å². The summed E-state index contributed by atoms with van der Waals surface area (Å²) in [5.41, 5.74) is 0.309. The minimum Gasteiger partial charge on any atom is -0.469 e. The van der Waals surface area contributed by atoms with Crippen LogP contribution in [0.5, 0.6) is 0 Å². The first-order valence-electron chi connectivity index (χ1n) is 6.56. The number of methoxy groups -OCH3 is 1. The molecule has 0 atom stereocenters. The van der Waals surface area contributed by atoms with E-state index in [9.17, 15) is 14.4 Å². The molecule has 1 heterocycles. The monoisotopic (exact) mass is 313 g/mol. The van der Waals surface area contributed by atoms with E-state index in [0.29, 0.717) is 10.6 Å². The van der Waals surface area contributed by atoms with Crippen LogP contribution in [-0.2, 0) is 19.1 Å². The molecule has 1 amide bonds. The first-order chi connectivity index (χ1) is 9.88. The van der Waals surface area contributed by atoms with Crippen LogP contribution in [0.15, 0.2) is 6.07 Å². The van der Waals surface area contributed by atoms with Crippen LogP contribution in [0.1, 0.15) is 48.3 Å². The molecule has 6 nitrogen and oxygen atoms in total. The van der Waals surface area contributed by atoms with Gasteiger partial charge in [-0.2, -0.15) is 0 Å². The Kier molecular flexibility index (Phi) is 6.36. The molecule has 0 aliphatic carbocycles. The lowest BCUT2D eigenvalue weighted by Crippen LogP contribution is -2.18. The van der Waals surface area contributed by atoms with E-state index in [1.165, 1.54) is 18.4 Å². The smallest absolute Gasteiger partial charge is 0.341 e. The third-order valence-corrected chi connectivity index (χ3v) is 3.95. The molecule has 21 heavy (non-hydrogen) atoms. The summed E-state index contributed by atoms with van der Waals surface area (Å²) in [6, 6.07) is 1.71. The Hall–Kier alpha value is -1.89. The van der Waals surface area contributed by atoms with Gasteiger partial charge in [0.1, 0.15) is 11.4 Å². The van der Waals surface area contributed by atoms with Crippen LogP contribution in [0.3, 0.4) is 0 Å². The molecule has 116 valence electrons. The van der Waals surface area contributed by atoms with Gasteiger partial charge < -0.3 is 14.8 Å². The molecule has 0 spiro atoms. The van der Waals surface area contributed by atoms with Crippen molar-refractivity contribution in [3.05, 3.63) is 16.5 Å². The second-order valence-corrected chi connectivity index (χ2v) is 5.65. The van der Waals surface area contributed by atoms with Gasteiger partial charge >= 0.3 is 11.9 Å². The predicted octanol–water partition coefficient (Wildman–Crippen LogP) is 2.55. The molecule has 0 saturated heterocycles. The number of hydrogen-bond donors (Lipinski definition) is 1. The number of carbonyl (C=O) groups excluding carboxylic acids is 3. The lowest BCUT2D eigenvalue weighted by atomic mass is 10.1. The Morgan fingerprint density at radius 3 is 2.52 bits per heavy atom. The topological polar surface area (TPSA) is 81.7 Å². The number of carbonyl (C=O) groups is 3. The van der Waals surface area contributed by atoms with Gasteiger partial charge in [0.15, 0.2) is 0 Å². The molecule has 0 saturated carbocycles. The molecular formula is C14H19NO5S. The van der Waals surface area contributed by atoms with Crippen LogP contribution in [0, 0.1) is 0 Å². The number of thiophene rings is 1. The molecule has 0 fully saturated rings. The third kappa shape index (κ3) is 4.86. The molecule has 0 bridgehead atoms. The summed E-state index contributed by atoms with van der Waals surface area (Å²) in [6.07, 6.45) is -0.395. The second kappa shape index (κ2) is 7.78. The van der Waals surface area contributed by atoms with Gasteiger partial charge in [0.05, 0.1) is 19.3 Å². The highest BCUT2D eigenvalue weighted by Gasteiger charge is 2.21. The first kappa shape index (κ1) is 17.2. The van der Waals surface area contributed by atoms with E-state index >= 15 is 0 Å². The van der Waals surface area contributed by atoms with E-state index in [0.717, 1.165) is 4.88 Å². The Morgan fingerprint density at radius 2 is 2.00 bits per heavy atom. The van der Waals surface area contributed by atoms with Gasteiger partial charge in [-0.3, -0.25) is 9.59 Å². The van der Waals surface area contributed by atoms with Crippen molar-refractivity contribution in [1.29, 1.82) is 0 Å². The zero-order chi connectivity index (χ0) is 16.0. The van der Waals surface area contributed by atoms with Crippen molar-refractivity contribution in [2.24, 2.45) is 0 Å². The molecule has 0 aromatic carbocycles. The Bertz CT molecular complexity index is 535. The summed E-state index contributed by atoms with van der Waals surface area (Å²) in [5.74, 6) is -1.43. The molecule has 1 N–H and O–H groups in total. The summed E-state index contributed by atoms with van der Waals surface area (Å²) in [6.45, 7) is 5.94. The Balaban J connectivity index is 2.95. The van der Waals surface area contributed by atoms with Gasteiger partial charge in [-0.15, -0.1) is 11.3 Å². The zero-order valence-electron chi connectivity index (χ0n) is 12.5. The molecule has 0 radical (unpaired) electrons.